The molecule has 2 atom stereocenters. The Kier molecular flexibility index (Phi) is 4.46. The number of rotatable bonds is 3. The first-order valence-corrected chi connectivity index (χ1v) is 9.74. The smallest absolute Gasteiger partial charge is 0.324 e. The average Bonchev–Trinajstić information content (AvgIpc) is 2.55. The molecule has 0 saturated heterocycles. The first kappa shape index (κ1) is 16.4. The van der Waals surface area contributed by atoms with Gasteiger partial charge in [0.1, 0.15) is 5.16 Å². The summed E-state index contributed by atoms with van der Waals surface area (Å²) in [4.78, 5) is 20.7. The summed E-state index contributed by atoms with van der Waals surface area (Å²) in [6.07, 6.45) is 3.19. The minimum absolute atomic E-state index is 0.152. The molecule has 1 fully saturated rings. The molecular weight excluding hydrogens is 307 g/mol. The Labute approximate surface area is 137 Å². The van der Waals surface area contributed by atoms with Gasteiger partial charge in [0, 0.05) is 5.92 Å². The second-order valence-corrected chi connectivity index (χ2v) is 8.43. The van der Waals surface area contributed by atoms with Crippen LogP contribution < -0.4 is 0 Å². The van der Waals surface area contributed by atoms with E-state index in [-0.39, 0.29) is 5.92 Å². The molecule has 122 valence electrons. The van der Waals surface area contributed by atoms with Crippen molar-refractivity contribution in [2.24, 2.45) is 0 Å². The second-order valence-electron chi connectivity index (χ2n) is 6.54. The number of aryl methyl sites for hydroxylation is 1. The maximum atomic E-state index is 12.7. The Morgan fingerprint density at radius 3 is 2.26 bits per heavy atom. The summed E-state index contributed by atoms with van der Waals surface area (Å²) in [6.45, 7) is 1.99. The van der Waals surface area contributed by atoms with E-state index in [2.05, 4.69) is 0 Å². The molecule has 1 aliphatic rings. The molecule has 1 saturated carbocycles. The zero-order chi connectivity index (χ0) is 16.5. The summed E-state index contributed by atoms with van der Waals surface area (Å²) in [7, 11) is -4.33. The van der Waals surface area contributed by atoms with Crippen molar-refractivity contribution in [1.29, 1.82) is 0 Å². The molecule has 2 N–H and O–H groups in total. The summed E-state index contributed by atoms with van der Waals surface area (Å²) in [6, 6.07) is 17.5. The Hall–Kier alpha value is -1.41. The quantitative estimate of drug-likeness (QED) is 0.800. The van der Waals surface area contributed by atoms with Gasteiger partial charge < -0.3 is 9.79 Å². The standard InChI is InChI=1S/C19H23O3P/c1-15-10-12-17(13-11-15)19(23(20,21)22)14-6-5-9-18(19)16-7-3-2-4-8-16/h2-4,7-8,10-13,18H,5-6,9,14H2,1H3,(H2,20,21,22). The molecule has 0 spiro atoms. The van der Waals surface area contributed by atoms with Gasteiger partial charge in [-0.05, 0) is 30.9 Å². The van der Waals surface area contributed by atoms with Gasteiger partial charge in [0.2, 0.25) is 0 Å². The Balaban J connectivity index is 2.20. The summed E-state index contributed by atoms with van der Waals surface area (Å²) >= 11 is 0. The highest BCUT2D eigenvalue weighted by atomic mass is 31.2. The molecule has 0 aliphatic heterocycles. The molecule has 0 heterocycles. The first-order valence-electron chi connectivity index (χ1n) is 8.13. The molecular formula is C19H23O3P. The van der Waals surface area contributed by atoms with Gasteiger partial charge in [0.05, 0.1) is 0 Å². The Morgan fingerprint density at radius 1 is 1.00 bits per heavy atom. The second kappa shape index (κ2) is 6.24. The minimum atomic E-state index is -4.33. The van der Waals surface area contributed by atoms with Gasteiger partial charge in [0.25, 0.3) is 0 Å². The maximum Gasteiger partial charge on any atom is 0.336 e. The van der Waals surface area contributed by atoms with Crippen LogP contribution in [0.2, 0.25) is 0 Å². The van der Waals surface area contributed by atoms with Gasteiger partial charge in [-0.1, -0.05) is 73.0 Å². The van der Waals surface area contributed by atoms with E-state index in [1.54, 1.807) is 0 Å². The maximum absolute atomic E-state index is 12.7. The fourth-order valence-electron chi connectivity index (χ4n) is 3.99. The van der Waals surface area contributed by atoms with Crippen LogP contribution in [0.3, 0.4) is 0 Å². The Morgan fingerprint density at radius 2 is 1.65 bits per heavy atom. The van der Waals surface area contributed by atoms with Crippen LogP contribution in [0.1, 0.15) is 48.3 Å². The van der Waals surface area contributed by atoms with E-state index in [1.807, 2.05) is 61.5 Å². The largest absolute Gasteiger partial charge is 0.336 e. The molecule has 0 bridgehead atoms. The van der Waals surface area contributed by atoms with Crippen molar-refractivity contribution >= 4 is 7.60 Å². The molecule has 0 aromatic heterocycles. The molecule has 3 rings (SSSR count). The van der Waals surface area contributed by atoms with E-state index < -0.39 is 12.8 Å². The van der Waals surface area contributed by atoms with Crippen LogP contribution in [0.25, 0.3) is 0 Å². The van der Waals surface area contributed by atoms with E-state index in [0.717, 1.165) is 36.0 Å². The topological polar surface area (TPSA) is 57.5 Å². The van der Waals surface area contributed by atoms with E-state index in [4.69, 9.17) is 0 Å². The molecule has 2 aromatic rings. The number of benzene rings is 2. The molecule has 4 heteroatoms. The number of hydrogen-bond acceptors (Lipinski definition) is 1. The molecule has 0 radical (unpaired) electrons. The van der Waals surface area contributed by atoms with Gasteiger partial charge in [-0.3, -0.25) is 4.57 Å². The van der Waals surface area contributed by atoms with Gasteiger partial charge in [-0.2, -0.15) is 0 Å². The summed E-state index contributed by atoms with van der Waals surface area (Å²) in [5.74, 6) is -0.152. The lowest BCUT2D eigenvalue weighted by Crippen LogP contribution is -2.36. The van der Waals surface area contributed by atoms with E-state index in [1.165, 1.54) is 0 Å². The third-order valence-corrected chi connectivity index (χ3v) is 6.98. The van der Waals surface area contributed by atoms with Crippen molar-refractivity contribution in [2.45, 2.75) is 43.7 Å². The minimum Gasteiger partial charge on any atom is -0.324 e. The van der Waals surface area contributed by atoms with Crippen LogP contribution in [-0.4, -0.2) is 9.79 Å². The van der Waals surface area contributed by atoms with Crippen molar-refractivity contribution in [1.82, 2.24) is 0 Å². The van der Waals surface area contributed by atoms with Crippen LogP contribution in [0.5, 0.6) is 0 Å². The lowest BCUT2D eigenvalue weighted by molar-refractivity contribution is 0.255. The highest BCUT2D eigenvalue weighted by molar-refractivity contribution is 7.53. The average molecular weight is 330 g/mol. The van der Waals surface area contributed by atoms with Crippen LogP contribution in [0.15, 0.2) is 54.6 Å². The van der Waals surface area contributed by atoms with Crippen molar-refractivity contribution in [3.8, 4) is 0 Å². The predicted octanol–water partition coefficient (Wildman–Crippen LogP) is 4.73. The highest BCUT2D eigenvalue weighted by Gasteiger charge is 2.55. The summed E-state index contributed by atoms with van der Waals surface area (Å²) < 4.78 is 12.7. The first-order chi connectivity index (χ1) is 10.9. The normalized spacial score (nSPS) is 25.3. The van der Waals surface area contributed by atoms with E-state index >= 15 is 0 Å². The van der Waals surface area contributed by atoms with Crippen LogP contribution >= 0.6 is 7.60 Å². The van der Waals surface area contributed by atoms with Gasteiger partial charge in [0.15, 0.2) is 0 Å². The summed E-state index contributed by atoms with van der Waals surface area (Å²) in [5.41, 5.74) is 2.89. The van der Waals surface area contributed by atoms with Gasteiger partial charge in [-0.15, -0.1) is 0 Å². The lowest BCUT2D eigenvalue weighted by Gasteiger charge is -2.45. The highest BCUT2D eigenvalue weighted by Crippen LogP contribution is 2.68. The Bertz CT molecular complexity index is 705. The molecule has 1 aliphatic carbocycles. The molecule has 0 amide bonds. The SMILES string of the molecule is Cc1ccc(C2(P(=O)(O)O)CCCCC2c2ccccc2)cc1. The molecule has 23 heavy (non-hydrogen) atoms. The van der Waals surface area contributed by atoms with E-state index in [0.29, 0.717) is 6.42 Å². The third kappa shape index (κ3) is 2.89. The van der Waals surface area contributed by atoms with Crippen LogP contribution in [0.4, 0.5) is 0 Å². The predicted molar refractivity (Wildman–Crippen MR) is 92.6 cm³/mol. The van der Waals surface area contributed by atoms with Gasteiger partial charge in [-0.25, -0.2) is 0 Å². The van der Waals surface area contributed by atoms with Gasteiger partial charge >= 0.3 is 7.60 Å². The summed E-state index contributed by atoms with van der Waals surface area (Å²) in [5, 5.41) is -1.11. The van der Waals surface area contributed by atoms with Crippen molar-refractivity contribution in [3.05, 3.63) is 71.3 Å². The van der Waals surface area contributed by atoms with Crippen molar-refractivity contribution in [2.75, 3.05) is 0 Å². The number of hydrogen-bond donors (Lipinski definition) is 2. The molecule has 3 nitrogen and oxygen atoms in total. The zero-order valence-corrected chi connectivity index (χ0v) is 14.2. The monoisotopic (exact) mass is 330 g/mol. The van der Waals surface area contributed by atoms with Crippen LogP contribution in [0, 0.1) is 6.92 Å². The van der Waals surface area contributed by atoms with Crippen LogP contribution in [-0.2, 0) is 9.72 Å². The fraction of sp³-hybridized carbons (Fsp3) is 0.368. The van der Waals surface area contributed by atoms with E-state index in [9.17, 15) is 14.4 Å². The zero-order valence-electron chi connectivity index (χ0n) is 13.4. The molecule has 2 aromatic carbocycles. The molecule has 2 unspecified atom stereocenters. The lowest BCUT2D eigenvalue weighted by atomic mass is 9.71. The van der Waals surface area contributed by atoms with Crippen molar-refractivity contribution in [3.63, 3.8) is 0 Å². The fourth-order valence-corrected chi connectivity index (χ4v) is 5.61. The third-order valence-electron chi connectivity index (χ3n) is 5.15. The van der Waals surface area contributed by atoms with Crippen molar-refractivity contribution < 1.29 is 14.4 Å².